The minimum absolute atomic E-state index is 0.225. The SMILES string of the molecule is CC(NC(=O)C1=C2N=CC=C[N+]2(OC(=O)C(F)(F)F)N=C1N)c1cc(Cl)c2cncn2c1N1CCN(S(C)(=O)=O)CC1. The number of nitrogens with one attached hydrogen (secondary N) is 1. The molecule has 0 saturated carbocycles. The minimum Gasteiger partial charge on any atom is -0.378 e. The number of sulfonamides is 1. The highest BCUT2D eigenvalue weighted by molar-refractivity contribution is 7.88. The number of allylic oxidation sites excluding steroid dienone is 1. The Morgan fingerprint density at radius 2 is 1.93 bits per heavy atom. The molecule has 19 heteroatoms. The van der Waals surface area contributed by atoms with Crippen LogP contribution in [0.3, 0.4) is 0 Å². The minimum atomic E-state index is -5.34. The van der Waals surface area contributed by atoms with Crippen molar-refractivity contribution in [3.05, 3.63) is 52.8 Å². The lowest BCUT2D eigenvalue weighted by Gasteiger charge is -2.36. The molecular formula is C23H24ClF3N9O5S+. The Balaban J connectivity index is 1.48. The van der Waals surface area contributed by atoms with E-state index in [0.717, 1.165) is 12.5 Å². The second kappa shape index (κ2) is 10.4. The number of rotatable bonds is 6. The van der Waals surface area contributed by atoms with Gasteiger partial charge in [0.25, 0.3) is 5.91 Å². The lowest BCUT2D eigenvalue weighted by Crippen LogP contribution is -2.49. The van der Waals surface area contributed by atoms with Crippen molar-refractivity contribution in [3.8, 4) is 0 Å². The second-order valence-electron chi connectivity index (χ2n) is 9.57. The molecule has 0 aliphatic carbocycles. The molecule has 2 atom stereocenters. The number of alkyl halides is 3. The van der Waals surface area contributed by atoms with Crippen LogP contribution in [-0.2, 0) is 24.4 Å². The zero-order chi connectivity index (χ0) is 30.6. The molecule has 3 N–H and O–H groups in total. The highest BCUT2D eigenvalue weighted by Gasteiger charge is 2.55. The number of hydroxylamine groups is 2. The molecule has 0 bridgehead atoms. The van der Waals surface area contributed by atoms with E-state index in [0.29, 0.717) is 35.0 Å². The normalized spacial score (nSPS) is 21.9. The fourth-order valence-electron chi connectivity index (χ4n) is 4.83. The van der Waals surface area contributed by atoms with E-state index in [9.17, 15) is 31.2 Å². The van der Waals surface area contributed by atoms with Crippen LogP contribution in [0.4, 0.5) is 19.0 Å². The van der Waals surface area contributed by atoms with Gasteiger partial charge >= 0.3 is 18.0 Å². The first-order chi connectivity index (χ1) is 19.6. The van der Waals surface area contributed by atoms with E-state index in [1.165, 1.54) is 22.9 Å². The van der Waals surface area contributed by atoms with Crippen LogP contribution >= 0.6 is 11.6 Å². The fraction of sp³-hybridized carbons (Fsp3) is 0.348. The van der Waals surface area contributed by atoms with Crippen LogP contribution in [0.5, 0.6) is 0 Å². The van der Waals surface area contributed by atoms with Crippen LogP contribution in [0, 0.1) is 0 Å². The van der Waals surface area contributed by atoms with Crippen LogP contribution in [-0.4, -0.2) is 89.4 Å². The molecule has 0 spiro atoms. The van der Waals surface area contributed by atoms with Gasteiger partial charge in [-0.15, -0.1) is 0 Å². The molecule has 2 aromatic rings. The average Bonchev–Trinajstić information content (AvgIpc) is 3.50. The molecule has 2 unspecified atom stereocenters. The average molecular weight is 631 g/mol. The standard InChI is InChI=1S/C23H23ClF3N9O5S/c1-13(31-20(37)17-18(28)32-36(9-3-4-30-19(17)36)41-22(38)23(25,26)27)14-10-15(24)16-11-29-12-35(16)21(14)33-5-7-34(8-6-33)42(2,39)40/h3-4,9-13H,5-8H2,1-2H3,(H2-,28,31,32,37)/p+1. The zero-order valence-electron chi connectivity index (χ0n) is 22.0. The number of carbonyl (C=O) groups excluding carboxylic acids is 2. The molecule has 5 heterocycles. The van der Waals surface area contributed by atoms with Gasteiger partial charge in [0, 0.05) is 44.0 Å². The second-order valence-corrected chi connectivity index (χ2v) is 12.0. The Morgan fingerprint density at radius 1 is 1.24 bits per heavy atom. The number of amidine groups is 1. The van der Waals surface area contributed by atoms with Gasteiger partial charge < -0.3 is 16.0 Å². The van der Waals surface area contributed by atoms with Crippen molar-refractivity contribution in [1.29, 1.82) is 0 Å². The topological polar surface area (TPSA) is 164 Å². The quantitative estimate of drug-likeness (QED) is 0.449. The number of hydrogen-bond acceptors (Lipinski definition) is 10. The van der Waals surface area contributed by atoms with Gasteiger partial charge in [-0.05, 0) is 18.1 Å². The molecule has 0 radical (unpaired) electrons. The van der Waals surface area contributed by atoms with Gasteiger partial charge in [0.1, 0.15) is 12.1 Å². The van der Waals surface area contributed by atoms with Gasteiger partial charge in [0.2, 0.25) is 15.9 Å². The van der Waals surface area contributed by atoms with E-state index < -0.39 is 56.1 Å². The molecule has 1 fully saturated rings. The van der Waals surface area contributed by atoms with Crippen molar-refractivity contribution in [2.24, 2.45) is 15.8 Å². The Morgan fingerprint density at radius 3 is 2.57 bits per heavy atom. The lowest BCUT2D eigenvalue weighted by atomic mass is 10.1. The van der Waals surface area contributed by atoms with Crippen molar-refractivity contribution >= 4 is 56.9 Å². The summed E-state index contributed by atoms with van der Waals surface area (Å²) in [6.45, 7) is 2.75. The number of hydrogen-bond donors (Lipinski definition) is 2. The van der Waals surface area contributed by atoms with Gasteiger partial charge in [-0.3, -0.25) is 9.20 Å². The molecular weight excluding hydrogens is 607 g/mol. The Labute approximate surface area is 241 Å². The molecule has 1 saturated heterocycles. The van der Waals surface area contributed by atoms with Gasteiger partial charge in [-0.25, -0.2) is 23.0 Å². The number of quaternary nitrogens is 1. The zero-order valence-corrected chi connectivity index (χ0v) is 23.6. The van der Waals surface area contributed by atoms with E-state index in [1.54, 1.807) is 23.6 Å². The molecule has 224 valence electrons. The number of carbonyl (C=O) groups is 2. The molecule has 1 amide bonds. The first-order valence-corrected chi connectivity index (χ1v) is 14.5. The molecule has 42 heavy (non-hydrogen) atoms. The highest BCUT2D eigenvalue weighted by atomic mass is 35.5. The third kappa shape index (κ3) is 5.21. The maximum Gasteiger partial charge on any atom is 0.497 e. The predicted octanol–water partition coefficient (Wildman–Crippen LogP) is 1.18. The molecule has 3 aliphatic rings. The summed E-state index contributed by atoms with van der Waals surface area (Å²) in [5.74, 6) is -3.77. The summed E-state index contributed by atoms with van der Waals surface area (Å²) < 4.78 is 64.6. The van der Waals surface area contributed by atoms with Gasteiger partial charge in [0.05, 0.1) is 33.8 Å². The number of fused-ring (bicyclic) bond motifs is 2. The van der Waals surface area contributed by atoms with Crippen LogP contribution in [0.1, 0.15) is 18.5 Å². The van der Waals surface area contributed by atoms with E-state index >= 15 is 0 Å². The summed E-state index contributed by atoms with van der Waals surface area (Å²) in [5.41, 5.74) is 6.66. The summed E-state index contributed by atoms with van der Waals surface area (Å²) in [4.78, 5) is 39.8. The number of anilines is 1. The van der Waals surface area contributed by atoms with Crippen molar-refractivity contribution < 1.29 is 40.8 Å². The third-order valence-corrected chi connectivity index (χ3v) is 8.37. The number of imidazole rings is 1. The summed E-state index contributed by atoms with van der Waals surface area (Å²) in [5, 5.41) is 6.87. The first-order valence-electron chi connectivity index (χ1n) is 12.3. The Kier molecular flexibility index (Phi) is 7.28. The first kappa shape index (κ1) is 29.5. The number of piperazine rings is 1. The lowest BCUT2D eigenvalue weighted by molar-refractivity contribution is -1.02. The van der Waals surface area contributed by atoms with E-state index in [2.05, 4.69) is 25.2 Å². The van der Waals surface area contributed by atoms with Crippen LogP contribution < -0.4 is 16.0 Å². The van der Waals surface area contributed by atoms with Crippen LogP contribution in [0.2, 0.25) is 5.02 Å². The summed E-state index contributed by atoms with van der Waals surface area (Å²) in [7, 11) is -3.39. The highest BCUT2D eigenvalue weighted by Crippen LogP contribution is 2.37. The molecule has 5 rings (SSSR count). The maximum absolute atomic E-state index is 13.5. The van der Waals surface area contributed by atoms with E-state index in [4.69, 9.17) is 17.3 Å². The number of halogens is 4. The predicted molar refractivity (Wildman–Crippen MR) is 144 cm³/mol. The Bertz CT molecular complexity index is 1710. The number of nitrogens with zero attached hydrogens (tertiary/aromatic N) is 7. The van der Waals surface area contributed by atoms with Gasteiger partial charge in [-0.2, -0.15) is 22.5 Å². The maximum atomic E-state index is 13.5. The summed E-state index contributed by atoms with van der Waals surface area (Å²) >= 11 is 6.53. The summed E-state index contributed by atoms with van der Waals surface area (Å²) in [6, 6.07) is 0.854. The largest absolute Gasteiger partial charge is 0.497 e. The van der Waals surface area contributed by atoms with Crippen molar-refractivity contribution in [2.45, 2.75) is 19.1 Å². The smallest absolute Gasteiger partial charge is 0.378 e. The van der Waals surface area contributed by atoms with Crippen LogP contribution in [0.25, 0.3) is 5.52 Å². The van der Waals surface area contributed by atoms with Crippen molar-refractivity contribution in [3.63, 3.8) is 0 Å². The molecule has 14 nitrogen and oxygen atoms in total. The molecule has 2 aromatic heterocycles. The molecule has 0 aromatic carbocycles. The number of pyridine rings is 1. The van der Waals surface area contributed by atoms with Gasteiger partial charge in [-0.1, -0.05) is 11.6 Å². The van der Waals surface area contributed by atoms with E-state index in [1.807, 2.05) is 4.90 Å². The number of aromatic nitrogens is 2. The third-order valence-electron chi connectivity index (χ3n) is 6.76. The van der Waals surface area contributed by atoms with Crippen LogP contribution in [0.15, 0.2) is 52.4 Å². The van der Waals surface area contributed by atoms with Gasteiger partial charge in [0.15, 0.2) is 11.8 Å². The number of nitrogens with two attached hydrogens (primary N) is 1. The number of amides is 1. The van der Waals surface area contributed by atoms with E-state index in [-0.39, 0.29) is 13.1 Å². The Hall–Kier alpha value is -4.00. The summed E-state index contributed by atoms with van der Waals surface area (Å²) in [6.07, 6.45) is 2.23. The van der Waals surface area contributed by atoms with Crippen molar-refractivity contribution in [2.75, 3.05) is 37.3 Å². The van der Waals surface area contributed by atoms with Crippen molar-refractivity contribution in [1.82, 2.24) is 19.0 Å². The monoisotopic (exact) mass is 630 g/mol. The number of aliphatic imine (C=N–C) groups is 1. The molecule has 3 aliphatic heterocycles. The fourth-order valence-corrected chi connectivity index (χ4v) is 5.91.